The van der Waals surface area contributed by atoms with E-state index in [1.807, 2.05) is 24.3 Å². The van der Waals surface area contributed by atoms with Crippen molar-refractivity contribution in [3.63, 3.8) is 0 Å². The van der Waals surface area contributed by atoms with Gasteiger partial charge in [0.25, 0.3) is 5.89 Å². The molecule has 1 heterocycles. The number of carbonyl (C=O) groups is 1. The lowest BCUT2D eigenvalue weighted by Crippen LogP contribution is -2.31. The summed E-state index contributed by atoms with van der Waals surface area (Å²) in [5.41, 5.74) is 0.724. The number of hydrogen-bond donors (Lipinski definition) is 0. The summed E-state index contributed by atoms with van der Waals surface area (Å²) in [6.07, 6.45) is 2.52. The Labute approximate surface area is 176 Å². The maximum absolute atomic E-state index is 13.1. The first-order chi connectivity index (χ1) is 13.7. The fourth-order valence-electron chi connectivity index (χ4n) is 2.68. The number of unbranched alkanes of at least 4 members (excludes halogenated alkanes) is 2. The van der Waals surface area contributed by atoms with Crippen LogP contribution in [0.1, 0.15) is 50.7 Å². The Morgan fingerprint density at radius 2 is 2.03 bits per heavy atom. The van der Waals surface area contributed by atoms with Crippen LogP contribution in [0.4, 0.5) is 18.9 Å². The monoisotopic (exact) mass is 473 g/mol. The van der Waals surface area contributed by atoms with Crippen molar-refractivity contribution in [2.75, 3.05) is 11.4 Å². The van der Waals surface area contributed by atoms with Gasteiger partial charge < -0.3 is 9.42 Å². The third kappa shape index (κ3) is 7.64. The van der Waals surface area contributed by atoms with E-state index < -0.39 is 17.6 Å². The predicted octanol–water partition coefficient (Wildman–Crippen LogP) is 5.95. The summed E-state index contributed by atoms with van der Waals surface area (Å²) in [5, 5.41) is 3.56. The van der Waals surface area contributed by atoms with Gasteiger partial charge in [0.15, 0.2) is 5.82 Å². The molecule has 1 aromatic carbocycles. The molecule has 0 aliphatic heterocycles. The van der Waals surface area contributed by atoms with E-state index in [1.54, 1.807) is 4.90 Å². The van der Waals surface area contributed by atoms with E-state index in [-0.39, 0.29) is 24.6 Å². The number of halogens is 4. The number of anilines is 1. The Hall–Kier alpha value is -2.16. The lowest BCUT2D eigenvalue weighted by molar-refractivity contribution is -0.118. The van der Waals surface area contributed by atoms with Crippen LogP contribution < -0.4 is 4.90 Å². The number of aryl methyl sites for hydroxylation is 1. The van der Waals surface area contributed by atoms with Crippen LogP contribution in [0.15, 0.2) is 45.7 Å². The van der Waals surface area contributed by atoms with Crippen molar-refractivity contribution in [3.05, 3.63) is 52.9 Å². The highest BCUT2D eigenvalue weighted by molar-refractivity contribution is 9.10. The second-order valence-corrected chi connectivity index (χ2v) is 7.67. The van der Waals surface area contributed by atoms with Gasteiger partial charge in [0.05, 0.1) is 5.83 Å². The number of rotatable bonds is 11. The van der Waals surface area contributed by atoms with Gasteiger partial charge in [-0.15, -0.1) is 0 Å². The molecule has 1 amide bonds. The first-order valence-corrected chi connectivity index (χ1v) is 10.1. The summed E-state index contributed by atoms with van der Waals surface area (Å²) in [6, 6.07) is 7.33. The lowest BCUT2D eigenvalue weighted by Gasteiger charge is -2.23. The zero-order valence-corrected chi connectivity index (χ0v) is 17.7. The minimum Gasteiger partial charge on any atom is -0.333 e. The van der Waals surface area contributed by atoms with Gasteiger partial charge in [0, 0.05) is 42.9 Å². The number of hydrogen-bond acceptors (Lipinski definition) is 4. The average molecular weight is 474 g/mol. The quantitative estimate of drug-likeness (QED) is 0.378. The minimum atomic E-state index is -3.15. The van der Waals surface area contributed by atoms with Crippen LogP contribution >= 0.6 is 15.9 Å². The number of aromatic nitrogens is 2. The van der Waals surface area contributed by atoms with Crippen LogP contribution in [0.3, 0.4) is 0 Å². The predicted molar refractivity (Wildman–Crippen MR) is 107 cm³/mol. The van der Waals surface area contributed by atoms with E-state index in [4.69, 9.17) is 0 Å². The van der Waals surface area contributed by atoms with Crippen LogP contribution in [-0.2, 0) is 17.1 Å². The fraction of sp³-hybridized carbons (Fsp3) is 0.450. The standard InChI is InChI=1S/C20H23BrF3N3O2/c1-14(22)10-11-18(28)27(16-8-6-7-15(21)13-16)12-5-3-4-9-17-25-19(29-26-17)20(2,23)24/h6-8,13H,1,3-5,9-12H2,2H3. The maximum atomic E-state index is 13.1. The van der Waals surface area contributed by atoms with Crippen molar-refractivity contribution in [3.8, 4) is 0 Å². The fourth-order valence-corrected chi connectivity index (χ4v) is 3.07. The van der Waals surface area contributed by atoms with Crippen molar-refractivity contribution < 1.29 is 22.5 Å². The summed E-state index contributed by atoms with van der Waals surface area (Å²) >= 11 is 3.39. The normalized spacial score (nSPS) is 11.5. The molecule has 1 aromatic heterocycles. The summed E-state index contributed by atoms with van der Waals surface area (Å²) in [7, 11) is 0. The van der Waals surface area contributed by atoms with Gasteiger partial charge in [0.1, 0.15) is 0 Å². The summed E-state index contributed by atoms with van der Waals surface area (Å²) < 4.78 is 44.6. The average Bonchev–Trinajstić information content (AvgIpc) is 3.12. The third-order valence-corrected chi connectivity index (χ3v) is 4.65. The molecule has 0 unspecified atom stereocenters. The van der Waals surface area contributed by atoms with Crippen LogP contribution in [0.5, 0.6) is 0 Å². The molecule has 0 aliphatic carbocycles. The van der Waals surface area contributed by atoms with Gasteiger partial charge in [-0.2, -0.15) is 13.8 Å². The summed E-state index contributed by atoms with van der Waals surface area (Å²) in [5.74, 6) is -4.31. The number of carbonyl (C=O) groups excluding carboxylic acids is 1. The lowest BCUT2D eigenvalue weighted by atomic mass is 10.1. The number of allylic oxidation sites excluding steroid dienone is 1. The molecule has 0 atom stereocenters. The minimum absolute atomic E-state index is 0.00837. The molecule has 0 N–H and O–H groups in total. The molecule has 0 saturated heterocycles. The molecule has 0 fully saturated rings. The van der Waals surface area contributed by atoms with E-state index >= 15 is 0 Å². The molecule has 2 rings (SSSR count). The first kappa shape index (κ1) is 23.1. The SMILES string of the molecule is C=C(F)CCC(=O)N(CCCCCc1noc(C(C)(F)F)n1)c1cccc(Br)c1. The molecule has 158 valence electrons. The second-order valence-electron chi connectivity index (χ2n) is 6.76. The number of amides is 1. The highest BCUT2D eigenvalue weighted by atomic mass is 79.9. The molecule has 5 nitrogen and oxygen atoms in total. The maximum Gasteiger partial charge on any atom is 0.322 e. The van der Waals surface area contributed by atoms with Gasteiger partial charge >= 0.3 is 5.92 Å². The molecule has 0 saturated carbocycles. The second kappa shape index (κ2) is 10.6. The topological polar surface area (TPSA) is 59.2 Å². The Balaban J connectivity index is 1.88. The van der Waals surface area contributed by atoms with Gasteiger partial charge in [-0.3, -0.25) is 4.79 Å². The Kier molecular flexibility index (Phi) is 8.43. The van der Waals surface area contributed by atoms with Crippen LogP contribution in [-0.4, -0.2) is 22.6 Å². The van der Waals surface area contributed by atoms with Crippen molar-refractivity contribution in [2.24, 2.45) is 0 Å². The largest absolute Gasteiger partial charge is 0.333 e. The zero-order chi connectivity index (χ0) is 21.4. The molecular formula is C20H23BrF3N3O2. The van der Waals surface area contributed by atoms with E-state index in [0.29, 0.717) is 32.7 Å². The molecule has 0 spiro atoms. The van der Waals surface area contributed by atoms with E-state index in [9.17, 15) is 18.0 Å². The summed E-state index contributed by atoms with van der Waals surface area (Å²) in [6.45, 7) is 4.36. The third-order valence-electron chi connectivity index (χ3n) is 4.16. The van der Waals surface area contributed by atoms with E-state index in [0.717, 1.165) is 16.6 Å². The van der Waals surface area contributed by atoms with Gasteiger partial charge in [-0.05, 0) is 31.0 Å². The number of nitrogens with zero attached hydrogens (tertiary/aromatic N) is 3. The Morgan fingerprint density at radius 1 is 1.28 bits per heavy atom. The van der Waals surface area contributed by atoms with Gasteiger partial charge in [0.2, 0.25) is 5.91 Å². The Bertz CT molecular complexity index is 836. The molecule has 2 aromatic rings. The Morgan fingerprint density at radius 3 is 2.66 bits per heavy atom. The van der Waals surface area contributed by atoms with Gasteiger partial charge in [-0.1, -0.05) is 40.2 Å². The van der Waals surface area contributed by atoms with Crippen molar-refractivity contribution in [1.82, 2.24) is 10.1 Å². The highest BCUT2D eigenvalue weighted by Crippen LogP contribution is 2.25. The number of benzene rings is 1. The molecule has 29 heavy (non-hydrogen) atoms. The van der Waals surface area contributed by atoms with Crippen LogP contribution in [0.2, 0.25) is 0 Å². The zero-order valence-electron chi connectivity index (χ0n) is 16.1. The number of alkyl halides is 2. The van der Waals surface area contributed by atoms with Gasteiger partial charge in [-0.25, -0.2) is 4.39 Å². The van der Waals surface area contributed by atoms with E-state index in [1.165, 1.54) is 0 Å². The van der Waals surface area contributed by atoms with Crippen molar-refractivity contribution >= 4 is 27.5 Å². The first-order valence-electron chi connectivity index (χ1n) is 9.27. The molecule has 0 aliphatic rings. The summed E-state index contributed by atoms with van der Waals surface area (Å²) in [4.78, 5) is 17.9. The van der Waals surface area contributed by atoms with E-state index in [2.05, 4.69) is 37.2 Å². The van der Waals surface area contributed by atoms with Crippen LogP contribution in [0.25, 0.3) is 0 Å². The smallest absolute Gasteiger partial charge is 0.322 e. The molecule has 9 heteroatoms. The van der Waals surface area contributed by atoms with Crippen LogP contribution in [0, 0.1) is 0 Å². The highest BCUT2D eigenvalue weighted by Gasteiger charge is 2.31. The molecule has 0 radical (unpaired) electrons. The van der Waals surface area contributed by atoms with Crippen molar-refractivity contribution in [1.29, 1.82) is 0 Å². The van der Waals surface area contributed by atoms with Crippen molar-refractivity contribution in [2.45, 2.75) is 51.4 Å². The molecular weight excluding hydrogens is 451 g/mol. The molecule has 0 bridgehead atoms.